The summed E-state index contributed by atoms with van der Waals surface area (Å²) in [4.78, 5) is 22.8. The minimum Gasteiger partial charge on any atom is -0.512 e. The first-order chi connectivity index (χ1) is 23.5. The molecule has 0 spiro atoms. The van der Waals surface area contributed by atoms with E-state index in [1.807, 2.05) is 57.5 Å². The summed E-state index contributed by atoms with van der Waals surface area (Å²) >= 11 is 1.88. The van der Waals surface area contributed by atoms with Crippen molar-refractivity contribution >= 4 is 38.0 Å². The quantitative estimate of drug-likeness (QED) is 0.0895. The van der Waals surface area contributed by atoms with Crippen LogP contribution in [0.1, 0.15) is 63.8 Å². The molecule has 0 fully saturated rings. The number of thiophene rings is 1. The third-order valence-corrected chi connectivity index (χ3v) is 10.8. The van der Waals surface area contributed by atoms with Crippen molar-refractivity contribution in [2.45, 2.75) is 66.2 Å². The summed E-state index contributed by atoms with van der Waals surface area (Å²) in [5, 5.41) is 13.3. The molecule has 1 N–H and O–H groups in total. The number of hydrogen-bond donors (Lipinski definition) is 1. The molecule has 1 aliphatic rings. The van der Waals surface area contributed by atoms with Crippen molar-refractivity contribution in [3.63, 3.8) is 0 Å². The summed E-state index contributed by atoms with van der Waals surface area (Å²) in [7, 11) is 0. The summed E-state index contributed by atoms with van der Waals surface area (Å²) in [6, 6.07) is 31.4. The molecular weight excluding hydrogens is 801 g/mol. The van der Waals surface area contributed by atoms with Gasteiger partial charge < -0.3 is 5.11 Å². The minimum atomic E-state index is 0. The van der Waals surface area contributed by atoms with Crippen LogP contribution in [0.4, 0.5) is 0 Å². The minimum absolute atomic E-state index is 0. The standard InChI is InChI=1S/C30H19N2S.C13H24O2.Ir/c1-2-7-19(8-3-1)24-18-22(17-21-9-4-5-11-23(21)24)30-28-26(14-16-32-30)33-25-13-12-20-10-6-15-31-29(20)27(25)28;1-5-10(6-2)12(14)9-13(15)11(7-3)8-4;/h1-11,14-16,18H,12-13H2;9-11,14H,5-8H2,1-4H3;/q-1;;/b;12-9-;. The van der Waals surface area contributed by atoms with Gasteiger partial charge in [-0.1, -0.05) is 98.8 Å². The topological polar surface area (TPSA) is 63.1 Å². The Morgan fingerprint density at radius 2 is 1.53 bits per heavy atom. The Labute approximate surface area is 307 Å². The average Bonchev–Trinajstić information content (AvgIpc) is 3.52. The molecule has 6 heteroatoms. The number of ketones is 1. The van der Waals surface area contributed by atoms with Crippen LogP contribution in [0.3, 0.4) is 0 Å². The van der Waals surface area contributed by atoms with Gasteiger partial charge in [0.1, 0.15) is 0 Å². The molecule has 49 heavy (non-hydrogen) atoms. The van der Waals surface area contributed by atoms with Crippen molar-refractivity contribution in [1.82, 2.24) is 9.97 Å². The van der Waals surface area contributed by atoms with Gasteiger partial charge in [-0.15, -0.1) is 34.9 Å². The molecule has 4 nitrogen and oxygen atoms in total. The average molecular weight is 844 g/mol. The number of aliphatic hydroxyl groups excluding tert-OH is 1. The van der Waals surface area contributed by atoms with Crippen molar-refractivity contribution < 1.29 is 30.0 Å². The molecular formula is C43H43IrN2O2S-. The summed E-state index contributed by atoms with van der Waals surface area (Å²) in [5.41, 5.74) is 8.14. The molecule has 0 saturated heterocycles. The van der Waals surface area contributed by atoms with Gasteiger partial charge in [0.2, 0.25) is 0 Å². The Bertz CT molecular complexity index is 2080. The van der Waals surface area contributed by atoms with Crippen LogP contribution >= 0.6 is 11.3 Å². The molecule has 7 rings (SSSR count). The molecule has 1 aliphatic carbocycles. The van der Waals surface area contributed by atoms with Crippen LogP contribution in [-0.2, 0) is 37.7 Å². The molecule has 0 saturated carbocycles. The Kier molecular flexibility index (Phi) is 12.3. The Hall–Kier alpha value is -3.96. The van der Waals surface area contributed by atoms with Crippen molar-refractivity contribution in [2.75, 3.05) is 0 Å². The van der Waals surface area contributed by atoms with Gasteiger partial charge >= 0.3 is 0 Å². The number of benzene rings is 3. The molecule has 3 aromatic carbocycles. The first kappa shape index (κ1) is 36.3. The molecule has 0 bridgehead atoms. The number of hydrogen-bond acceptors (Lipinski definition) is 5. The molecule has 0 atom stereocenters. The van der Waals surface area contributed by atoms with E-state index in [-0.39, 0.29) is 43.5 Å². The van der Waals surface area contributed by atoms with Gasteiger partial charge in [-0.05, 0) is 67.2 Å². The smallest absolute Gasteiger partial charge is 0.162 e. The van der Waals surface area contributed by atoms with E-state index in [0.29, 0.717) is 0 Å². The van der Waals surface area contributed by atoms with E-state index in [1.54, 1.807) is 0 Å². The van der Waals surface area contributed by atoms with Gasteiger partial charge in [0.05, 0.1) is 11.5 Å². The Morgan fingerprint density at radius 1 is 0.837 bits per heavy atom. The zero-order valence-corrected chi connectivity index (χ0v) is 31.8. The van der Waals surface area contributed by atoms with Crippen molar-refractivity contribution in [1.29, 1.82) is 0 Å². The van der Waals surface area contributed by atoms with Gasteiger partial charge in [0, 0.05) is 71.2 Å². The summed E-state index contributed by atoms with van der Waals surface area (Å²) < 4.78 is 1.27. The third kappa shape index (κ3) is 7.62. The first-order valence-corrected chi connectivity index (χ1v) is 18.1. The third-order valence-electron chi connectivity index (χ3n) is 9.62. The predicted octanol–water partition coefficient (Wildman–Crippen LogP) is 11.6. The number of rotatable bonds is 9. The van der Waals surface area contributed by atoms with Crippen LogP contribution in [-0.4, -0.2) is 20.9 Å². The van der Waals surface area contributed by atoms with Crippen LogP contribution in [0.5, 0.6) is 0 Å². The van der Waals surface area contributed by atoms with Gasteiger partial charge in [0.15, 0.2) is 5.78 Å². The Morgan fingerprint density at radius 3 is 2.27 bits per heavy atom. The van der Waals surface area contributed by atoms with E-state index in [2.05, 4.69) is 78.9 Å². The summed E-state index contributed by atoms with van der Waals surface area (Å²) in [5.74, 6) is 0.547. The molecule has 6 aromatic rings. The van der Waals surface area contributed by atoms with E-state index < -0.39 is 0 Å². The predicted molar refractivity (Wildman–Crippen MR) is 201 cm³/mol. The number of carbonyl (C=O) groups excluding carboxylic acids is 1. The fourth-order valence-electron chi connectivity index (χ4n) is 6.83. The largest absolute Gasteiger partial charge is 0.512 e. The van der Waals surface area contributed by atoms with Crippen molar-refractivity contribution in [3.8, 4) is 33.6 Å². The number of fused-ring (bicyclic) bond motifs is 6. The maximum absolute atomic E-state index is 11.7. The van der Waals surface area contributed by atoms with E-state index in [0.717, 1.165) is 60.9 Å². The van der Waals surface area contributed by atoms with Gasteiger partial charge in [-0.2, -0.15) is 0 Å². The number of nitrogens with zero attached hydrogens (tertiary/aromatic N) is 2. The molecule has 0 unspecified atom stereocenters. The van der Waals surface area contributed by atoms with Gasteiger partial charge in [-0.25, -0.2) is 0 Å². The van der Waals surface area contributed by atoms with Crippen LogP contribution in [0.25, 0.3) is 54.5 Å². The molecule has 3 aromatic heterocycles. The summed E-state index contributed by atoms with van der Waals surface area (Å²) in [6.45, 7) is 8.07. The SMILES string of the molecule is CCC(CC)C(=O)/C=C(\O)C(CC)CC.[Ir].[c-]1c(-c2nccc3sc4c(c23)-c2ncccc2CC4)cc(-c2ccccc2)c2ccccc12. The fourth-order valence-corrected chi connectivity index (χ4v) is 8.03. The molecule has 3 heterocycles. The van der Waals surface area contributed by atoms with E-state index in [9.17, 15) is 9.90 Å². The number of aromatic nitrogens is 2. The number of pyridine rings is 2. The molecule has 1 radical (unpaired) electrons. The van der Waals surface area contributed by atoms with Gasteiger partial charge in [0.25, 0.3) is 0 Å². The van der Waals surface area contributed by atoms with Crippen LogP contribution in [0.2, 0.25) is 0 Å². The molecule has 0 aliphatic heterocycles. The molecule has 253 valence electrons. The summed E-state index contributed by atoms with van der Waals surface area (Å²) in [6.07, 6.45) is 10.9. The van der Waals surface area contributed by atoms with Crippen LogP contribution in [0, 0.1) is 17.9 Å². The molecule has 0 amide bonds. The number of allylic oxidation sites excluding steroid dienone is 2. The number of aliphatic hydroxyl groups is 1. The van der Waals surface area contributed by atoms with E-state index in [4.69, 9.17) is 9.97 Å². The fraction of sp³-hybridized carbons (Fsp3) is 0.279. The number of carbonyl (C=O) groups is 1. The Balaban J connectivity index is 0.000000252. The van der Waals surface area contributed by atoms with Crippen molar-refractivity contribution in [2.24, 2.45) is 11.8 Å². The second-order valence-electron chi connectivity index (χ2n) is 12.5. The van der Waals surface area contributed by atoms with Crippen LogP contribution < -0.4 is 0 Å². The zero-order valence-electron chi connectivity index (χ0n) is 28.6. The zero-order chi connectivity index (χ0) is 33.6. The maximum Gasteiger partial charge on any atom is 0.162 e. The normalized spacial score (nSPS) is 12.3. The van der Waals surface area contributed by atoms with Crippen molar-refractivity contribution in [3.05, 3.63) is 120 Å². The first-order valence-electron chi connectivity index (χ1n) is 17.3. The second kappa shape index (κ2) is 16.6. The number of aryl methyl sites for hydroxylation is 2. The second-order valence-corrected chi connectivity index (χ2v) is 13.6. The maximum atomic E-state index is 11.7. The monoisotopic (exact) mass is 844 g/mol. The van der Waals surface area contributed by atoms with Gasteiger partial charge in [-0.3, -0.25) is 14.8 Å². The van der Waals surface area contributed by atoms with E-state index in [1.165, 1.54) is 48.7 Å². The van der Waals surface area contributed by atoms with E-state index >= 15 is 0 Å². The van der Waals surface area contributed by atoms with Crippen LogP contribution in [0.15, 0.2) is 103 Å².